The van der Waals surface area contributed by atoms with Gasteiger partial charge in [0.1, 0.15) is 11.9 Å². The van der Waals surface area contributed by atoms with E-state index in [4.69, 9.17) is 4.74 Å². The van der Waals surface area contributed by atoms with E-state index in [-0.39, 0.29) is 48.5 Å². The van der Waals surface area contributed by atoms with Crippen LogP contribution in [0.2, 0.25) is 0 Å². The number of amides is 1. The summed E-state index contributed by atoms with van der Waals surface area (Å²) in [5.74, 6) is -0.161. The molecule has 198 valence electrons. The Morgan fingerprint density at radius 2 is 1.83 bits per heavy atom. The van der Waals surface area contributed by atoms with Crippen molar-refractivity contribution >= 4 is 31.6 Å². The van der Waals surface area contributed by atoms with Crippen molar-refractivity contribution in [3.05, 3.63) is 54.1 Å². The van der Waals surface area contributed by atoms with Gasteiger partial charge in [-0.05, 0) is 37.3 Å². The van der Waals surface area contributed by atoms with Crippen LogP contribution in [0, 0.1) is 5.92 Å². The number of ether oxygens (including phenoxy) is 1. The minimum Gasteiger partial charge on any atom is -0.488 e. The molecule has 0 saturated carbocycles. The number of aliphatic hydroxyl groups is 1. The maximum atomic E-state index is 13.2. The number of benzene rings is 2. The summed E-state index contributed by atoms with van der Waals surface area (Å²) in [6, 6.07) is 12.1. The van der Waals surface area contributed by atoms with Crippen molar-refractivity contribution in [3.8, 4) is 5.75 Å². The molecule has 1 amide bonds. The first-order chi connectivity index (χ1) is 16.8. The summed E-state index contributed by atoms with van der Waals surface area (Å²) in [6.45, 7) is 3.66. The van der Waals surface area contributed by atoms with Crippen LogP contribution in [0.15, 0.2) is 53.4 Å². The van der Waals surface area contributed by atoms with Gasteiger partial charge in [0.2, 0.25) is 15.9 Å². The number of likely N-dealkylation sites (N-methyl/N-ethyl adjacent to an activating group) is 1. The van der Waals surface area contributed by atoms with Gasteiger partial charge in [-0.15, -0.1) is 0 Å². The number of fused-ring (bicyclic) bond motifs is 1. The third-order valence-electron chi connectivity index (χ3n) is 6.23. The van der Waals surface area contributed by atoms with Crippen molar-refractivity contribution in [2.45, 2.75) is 37.3 Å². The topological polar surface area (TPSA) is 133 Å². The lowest BCUT2D eigenvalue weighted by molar-refractivity contribution is -0.134. The van der Waals surface area contributed by atoms with Crippen LogP contribution in [0.4, 0.5) is 5.69 Å². The molecule has 12 heteroatoms. The molecule has 0 bridgehead atoms. The van der Waals surface area contributed by atoms with Gasteiger partial charge in [0, 0.05) is 30.8 Å². The first-order valence-corrected chi connectivity index (χ1v) is 14.8. The Balaban J connectivity index is 2.00. The second kappa shape index (κ2) is 11.2. The first-order valence-electron chi connectivity index (χ1n) is 11.5. The normalized spacial score (nSPS) is 20.1. The molecule has 3 atom stereocenters. The van der Waals surface area contributed by atoms with Gasteiger partial charge in [-0.1, -0.05) is 25.1 Å². The summed E-state index contributed by atoms with van der Waals surface area (Å²) >= 11 is 0. The van der Waals surface area contributed by atoms with Crippen molar-refractivity contribution in [2.75, 3.05) is 37.7 Å². The maximum absolute atomic E-state index is 13.2. The number of anilines is 1. The molecule has 2 N–H and O–H groups in total. The van der Waals surface area contributed by atoms with Crippen LogP contribution >= 0.6 is 0 Å². The smallest absolute Gasteiger partial charge is 0.261 e. The van der Waals surface area contributed by atoms with Crippen LogP contribution in [-0.4, -0.2) is 82.2 Å². The zero-order valence-corrected chi connectivity index (χ0v) is 22.4. The highest BCUT2D eigenvalue weighted by molar-refractivity contribution is 7.92. The van der Waals surface area contributed by atoms with E-state index in [0.29, 0.717) is 11.3 Å². The summed E-state index contributed by atoms with van der Waals surface area (Å²) in [5.41, 5.74) is 0.706. The third-order valence-corrected chi connectivity index (χ3v) is 8.90. The van der Waals surface area contributed by atoms with Crippen LogP contribution in [0.1, 0.15) is 19.4 Å². The zero-order chi connectivity index (χ0) is 26.7. The van der Waals surface area contributed by atoms with E-state index < -0.39 is 32.2 Å². The van der Waals surface area contributed by atoms with E-state index >= 15 is 0 Å². The van der Waals surface area contributed by atoms with Crippen LogP contribution in [-0.2, 0) is 31.3 Å². The zero-order valence-electron chi connectivity index (χ0n) is 20.8. The summed E-state index contributed by atoms with van der Waals surface area (Å²) in [6.07, 6.45) is 0.423. The summed E-state index contributed by atoms with van der Waals surface area (Å²) in [7, 11) is -5.87. The second-order valence-corrected chi connectivity index (χ2v) is 12.9. The fourth-order valence-corrected chi connectivity index (χ4v) is 5.40. The Morgan fingerprint density at radius 3 is 2.44 bits per heavy atom. The molecule has 0 spiro atoms. The summed E-state index contributed by atoms with van der Waals surface area (Å²) in [4.78, 5) is 14.9. The molecule has 10 nitrogen and oxygen atoms in total. The number of hydrogen-bond donors (Lipinski definition) is 2. The van der Waals surface area contributed by atoms with Gasteiger partial charge in [-0.2, -0.15) is 0 Å². The van der Waals surface area contributed by atoms with E-state index in [1.54, 1.807) is 42.2 Å². The van der Waals surface area contributed by atoms with Gasteiger partial charge in [0.05, 0.1) is 36.8 Å². The molecule has 0 saturated heterocycles. The molecule has 0 unspecified atom stereocenters. The van der Waals surface area contributed by atoms with Gasteiger partial charge >= 0.3 is 0 Å². The van der Waals surface area contributed by atoms with E-state index in [2.05, 4.69) is 4.72 Å². The standard InChI is InChI=1S/C24H33N3O7S2/c1-17-14-27(18(2)16-28)24(29)13-19-12-20(25-36(32,33)21-8-6-5-7-9-21)10-11-22(19)34-23(17)15-26(3)35(4,30)31/h5-12,17-18,23,25,28H,13-16H2,1-4H3/t17-,18-,23-/m0/s1. The van der Waals surface area contributed by atoms with E-state index in [0.717, 1.165) is 6.26 Å². The Bertz CT molecular complexity index is 1280. The van der Waals surface area contributed by atoms with E-state index in [9.17, 15) is 26.7 Å². The molecule has 2 aromatic rings. The lowest BCUT2D eigenvalue weighted by atomic mass is 10.0. The van der Waals surface area contributed by atoms with Crippen LogP contribution in [0.3, 0.4) is 0 Å². The number of rotatable bonds is 8. The number of sulfonamides is 2. The van der Waals surface area contributed by atoms with Crippen molar-refractivity contribution in [2.24, 2.45) is 5.92 Å². The SMILES string of the molecule is C[C@H]1CN([C@@H](C)CO)C(=O)Cc2cc(NS(=O)(=O)c3ccccc3)ccc2O[C@H]1CN(C)S(C)(=O)=O. The molecule has 0 aromatic heterocycles. The largest absolute Gasteiger partial charge is 0.488 e. The van der Waals surface area contributed by atoms with Gasteiger partial charge in [0.25, 0.3) is 10.0 Å². The van der Waals surface area contributed by atoms with Crippen LogP contribution in [0.25, 0.3) is 0 Å². The fourth-order valence-electron chi connectivity index (χ4n) is 3.91. The average molecular weight is 540 g/mol. The van der Waals surface area contributed by atoms with Gasteiger partial charge in [-0.25, -0.2) is 21.1 Å². The lowest BCUT2D eigenvalue weighted by Crippen LogP contribution is -2.48. The van der Waals surface area contributed by atoms with Crippen LogP contribution < -0.4 is 9.46 Å². The Labute approximate surface area is 213 Å². The van der Waals surface area contributed by atoms with Gasteiger partial charge in [-0.3, -0.25) is 9.52 Å². The van der Waals surface area contributed by atoms with Gasteiger partial charge in [0.15, 0.2) is 0 Å². The first kappa shape index (κ1) is 27.9. The molecule has 2 aromatic carbocycles. The Morgan fingerprint density at radius 1 is 1.17 bits per heavy atom. The predicted octanol–water partition coefficient (Wildman–Crippen LogP) is 1.53. The number of nitrogens with zero attached hydrogens (tertiary/aromatic N) is 2. The molecule has 1 heterocycles. The second-order valence-electron chi connectivity index (χ2n) is 9.17. The predicted molar refractivity (Wildman–Crippen MR) is 137 cm³/mol. The lowest BCUT2D eigenvalue weighted by Gasteiger charge is -2.33. The molecule has 0 fully saturated rings. The van der Waals surface area contributed by atoms with Crippen molar-refractivity contribution in [3.63, 3.8) is 0 Å². The molecular formula is C24H33N3O7S2. The Hall–Kier alpha value is -2.67. The molecule has 36 heavy (non-hydrogen) atoms. The molecule has 1 aliphatic rings. The quantitative estimate of drug-likeness (QED) is 0.520. The van der Waals surface area contributed by atoms with E-state index in [1.807, 2.05) is 6.92 Å². The maximum Gasteiger partial charge on any atom is 0.261 e. The highest BCUT2D eigenvalue weighted by Gasteiger charge is 2.32. The highest BCUT2D eigenvalue weighted by Crippen LogP contribution is 2.30. The van der Waals surface area contributed by atoms with Crippen molar-refractivity contribution in [1.82, 2.24) is 9.21 Å². The molecular weight excluding hydrogens is 506 g/mol. The number of carbonyl (C=O) groups excluding carboxylic acids is 1. The third kappa shape index (κ3) is 6.75. The minimum absolute atomic E-state index is 0.0529. The summed E-state index contributed by atoms with van der Waals surface area (Å²) < 4.78 is 59.7. The van der Waals surface area contributed by atoms with E-state index in [1.165, 1.54) is 29.6 Å². The Kier molecular flexibility index (Phi) is 8.65. The average Bonchev–Trinajstić information content (AvgIpc) is 2.86. The number of aliphatic hydroxyl groups excluding tert-OH is 1. The number of carbonyl (C=O) groups is 1. The number of nitrogens with one attached hydrogen (secondary N) is 1. The molecule has 1 aliphatic heterocycles. The van der Waals surface area contributed by atoms with Gasteiger partial charge < -0.3 is 14.7 Å². The molecule has 0 aliphatic carbocycles. The molecule has 0 radical (unpaired) electrons. The minimum atomic E-state index is -3.85. The van der Waals surface area contributed by atoms with Crippen LogP contribution in [0.5, 0.6) is 5.75 Å². The van der Waals surface area contributed by atoms with Crippen molar-refractivity contribution < 1.29 is 31.5 Å². The highest BCUT2D eigenvalue weighted by atomic mass is 32.2. The summed E-state index contributed by atoms with van der Waals surface area (Å²) in [5, 5.41) is 9.73. The fraction of sp³-hybridized carbons (Fsp3) is 0.458. The number of hydrogen-bond acceptors (Lipinski definition) is 7. The monoisotopic (exact) mass is 539 g/mol. The van der Waals surface area contributed by atoms with Crippen molar-refractivity contribution in [1.29, 1.82) is 0 Å². The molecule has 3 rings (SSSR count).